The summed E-state index contributed by atoms with van der Waals surface area (Å²) in [6.07, 6.45) is 4.23. The lowest BCUT2D eigenvalue weighted by Gasteiger charge is -2.35. The van der Waals surface area contributed by atoms with Crippen LogP contribution >= 0.6 is 15.9 Å². The third kappa shape index (κ3) is 8.46. The lowest BCUT2D eigenvalue weighted by molar-refractivity contribution is -0.140. The Morgan fingerprint density at radius 2 is 1.60 bits per heavy atom. The number of benzene rings is 3. The molecule has 0 bridgehead atoms. The van der Waals surface area contributed by atoms with Gasteiger partial charge in [-0.1, -0.05) is 83.4 Å². The second kappa shape index (κ2) is 14.5. The lowest BCUT2D eigenvalue weighted by Crippen LogP contribution is -2.55. The quantitative estimate of drug-likeness (QED) is 0.281. The van der Waals surface area contributed by atoms with Gasteiger partial charge in [0.2, 0.25) is 11.8 Å². The summed E-state index contributed by atoms with van der Waals surface area (Å²) in [7, 11) is -1.15. The Balaban J connectivity index is 1.78. The molecule has 0 saturated heterocycles. The highest BCUT2D eigenvalue weighted by atomic mass is 79.9. The number of hydrogen-bond acceptors (Lipinski definition) is 4. The van der Waals surface area contributed by atoms with Crippen LogP contribution in [0.3, 0.4) is 0 Å². The molecule has 2 amide bonds. The van der Waals surface area contributed by atoms with Gasteiger partial charge in [-0.05, 0) is 67.1 Å². The molecule has 1 atom stereocenters. The number of carbonyl (C=O) groups excluding carboxylic acids is 2. The fraction of sp³-hybridized carbons (Fsp3) is 0.394. The summed E-state index contributed by atoms with van der Waals surface area (Å²) in [5.41, 5.74) is 3.76. The van der Waals surface area contributed by atoms with Gasteiger partial charge >= 0.3 is 10.2 Å². The number of hydrogen-bond donors (Lipinski definition) is 1. The molecule has 230 valence electrons. The summed E-state index contributed by atoms with van der Waals surface area (Å²) in [6.45, 7) is 3.38. The largest absolute Gasteiger partial charge is 0.352 e. The summed E-state index contributed by atoms with van der Waals surface area (Å²) in [5.74, 6) is -0.693. The Morgan fingerprint density at radius 3 is 2.26 bits per heavy atom. The molecular formula is C33H41BrN4O4S. The summed E-state index contributed by atoms with van der Waals surface area (Å²) < 4.78 is 30.5. The maximum atomic E-state index is 14.5. The van der Waals surface area contributed by atoms with Gasteiger partial charge in [0.05, 0.1) is 5.69 Å². The smallest absolute Gasteiger partial charge is 0.304 e. The number of amides is 2. The second-order valence-corrected chi connectivity index (χ2v) is 14.4. The Morgan fingerprint density at radius 1 is 0.930 bits per heavy atom. The number of nitrogens with one attached hydrogen (secondary N) is 1. The van der Waals surface area contributed by atoms with Gasteiger partial charge in [-0.15, -0.1) is 0 Å². The normalized spacial score (nSPS) is 14.5. The van der Waals surface area contributed by atoms with E-state index in [-0.39, 0.29) is 18.5 Å². The van der Waals surface area contributed by atoms with Crippen LogP contribution in [0, 0.1) is 13.8 Å². The molecule has 8 nitrogen and oxygen atoms in total. The third-order valence-corrected chi connectivity index (χ3v) is 10.2. The Labute approximate surface area is 264 Å². The van der Waals surface area contributed by atoms with Crippen LogP contribution in [0.2, 0.25) is 0 Å². The van der Waals surface area contributed by atoms with E-state index in [0.29, 0.717) is 12.1 Å². The first kappa shape index (κ1) is 32.7. The predicted molar refractivity (Wildman–Crippen MR) is 175 cm³/mol. The minimum absolute atomic E-state index is 0.0640. The van der Waals surface area contributed by atoms with Gasteiger partial charge in [0.1, 0.15) is 12.6 Å². The van der Waals surface area contributed by atoms with E-state index in [1.165, 1.54) is 14.1 Å². The predicted octanol–water partition coefficient (Wildman–Crippen LogP) is 5.38. The molecule has 1 aliphatic rings. The summed E-state index contributed by atoms with van der Waals surface area (Å²) in [4.78, 5) is 30.0. The minimum Gasteiger partial charge on any atom is -0.352 e. The Hall–Kier alpha value is -3.21. The number of carbonyl (C=O) groups is 2. The number of anilines is 1. The van der Waals surface area contributed by atoms with E-state index in [2.05, 4.69) is 21.2 Å². The molecule has 10 heteroatoms. The van der Waals surface area contributed by atoms with Crippen molar-refractivity contribution in [2.24, 2.45) is 0 Å². The van der Waals surface area contributed by atoms with Crippen molar-refractivity contribution in [3.05, 3.63) is 99.5 Å². The first-order valence-corrected chi connectivity index (χ1v) is 16.8. The molecule has 4 rings (SSSR count). The van der Waals surface area contributed by atoms with Crippen LogP contribution in [0.5, 0.6) is 0 Å². The van der Waals surface area contributed by atoms with E-state index in [0.717, 1.165) is 61.0 Å². The van der Waals surface area contributed by atoms with Gasteiger partial charge in [-0.3, -0.25) is 9.59 Å². The highest BCUT2D eigenvalue weighted by molar-refractivity contribution is 9.10. The molecule has 0 unspecified atom stereocenters. The van der Waals surface area contributed by atoms with Crippen LogP contribution in [0.4, 0.5) is 5.69 Å². The fourth-order valence-corrected chi connectivity index (χ4v) is 7.00. The summed E-state index contributed by atoms with van der Waals surface area (Å²) in [5, 5.41) is 3.20. The Bertz CT molecular complexity index is 1520. The highest BCUT2D eigenvalue weighted by Gasteiger charge is 2.36. The third-order valence-electron chi connectivity index (χ3n) is 7.87. The van der Waals surface area contributed by atoms with Crippen LogP contribution in [0.15, 0.2) is 77.3 Å². The number of aryl methyl sites for hydroxylation is 2. The minimum atomic E-state index is -4.05. The van der Waals surface area contributed by atoms with Crippen molar-refractivity contribution in [3.8, 4) is 0 Å². The molecule has 1 fully saturated rings. The molecule has 0 spiro atoms. The van der Waals surface area contributed by atoms with E-state index in [4.69, 9.17) is 0 Å². The zero-order chi connectivity index (χ0) is 31.1. The molecule has 1 saturated carbocycles. The van der Waals surface area contributed by atoms with Crippen LogP contribution in [0.25, 0.3) is 0 Å². The first-order valence-electron chi connectivity index (χ1n) is 14.6. The average Bonchev–Trinajstić information content (AvgIpc) is 3.48. The molecule has 3 aromatic rings. The van der Waals surface area contributed by atoms with Gasteiger partial charge in [-0.2, -0.15) is 12.7 Å². The van der Waals surface area contributed by atoms with Crippen molar-refractivity contribution in [1.82, 2.24) is 14.5 Å². The van der Waals surface area contributed by atoms with Gasteiger partial charge in [0.15, 0.2) is 0 Å². The maximum Gasteiger partial charge on any atom is 0.304 e. The van der Waals surface area contributed by atoms with E-state index >= 15 is 0 Å². The van der Waals surface area contributed by atoms with Crippen molar-refractivity contribution in [3.63, 3.8) is 0 Å². The van der Waals surface area contributed by atoms with Crippen LogP contribution in [-0.2, 0) is 32.8 Å². The highest BCUT2D eigenvalue weighted by Crippen LogP contribution is 2.27. The van der Waals surface area contributed by atoms with E-state index < -0.39 is 28.7 Å². The SMILES string of the molecule is Cc1ccc(C)c(N(CC(=O)N(Cc2cccc(Br)c2)[C@H](Cc2ccccc2)C(=O)NC2CCCC2)S(=O)(=O)N(C)C)c1. The molecule has 1 N–H and O–H groups in total. The monoisotopic (exact) mass is 668 g/mol. The molecule has 0 radical (unpaired) electrons. The van der Waals surface area contributed by atoms with Crippen LogP contribution < -0.4 is 9.62 Å². The average molecular weight is 670 g/mol. The number of halogens is 1. The zero-order valence-corrected chi connectivity index (χ0v) is 27.7. The molecule has 0 aliphatic heterocycles. The van der Waals surface area contributed by atoms with Gasteiger partial charge in [0, 0.05) is 37.6 Å². The maximum absolute atomic E-state index is 14.5. The fourth-order valence-electron chi connectivity index (χ4n) is 5.44. The molecule has 1 aliphatic carbocycles. The standard InChI is InChI=1S/C33H41BrN4O4S/c1-24-17-18-25(2)30(19-24)38(43(41,42)36(3)4)23-32(39)37(22-27-13-10-14-28(34)20-27)31(21-26-11-6-5-7-12-26)33(40)35-29-15-8-9-16-29/h5-7,10-14,17-20,29,31H,8-9,15-16,21-23H2,1-4H3,(H,35,40)/t31-/m1/s1. The first-order chi connectivity index (χ1) is 20.5. The molecular weight excluding hydrogens is 628 g/mol. The second-order valence-electron chi connectivity index (χ2n) is 11.4. The van der Waals surface area contributed by atoms with Crippen molar-refractivity contribution in [1.29, 1.82) is 0 Å². The Kier molecular flexibility index (Phi) is 11.0. The van der Waals surface area contributed by atoms with E-state index in [9.17, 15) is 18.0 Å². The van der Waals surface area contributed by atoms with E-state index in [1.54, 1.807) is 11.0 Å². The van der Waals surface area contributed by atoms with Gasteiger partial charge in [-0.25, -0.2) is 4.31 Å². The lowest BCUT2D eigenvalue weighted by atomic mass is 10.0. The van der Waals surface area contributed by atoms with Gasteiger partial charge in [0.25, 0.3) is 0 Å². The number of nitrogens with zero attached hydrogens (tertiary/aromatic N) is 3. The van der Waals surface area contributed by atoms with Gasteiger partial charge < -0.3 is 10.2 Å². The topological polar surface area (TPSA) is 90.0 Å². The van der Waals surface area contributed by atoms with Crippen molar-refractivity contribution in [2.75, 3.05) is 24.9 Å². The molecule has 0 aromatic heterocycles. The van der Waals surface area contributed by atoms with Crippen molar-refractivity contribution >= 4 is 43.6 Å². The van der Waals surface area contributed by atoms with Crippen molar-refractivity contribution in [2.45, 2.75) is 64.6 Å². The summed E-state index contributed by atoms with van der Waals surface area (Å²) >= 11 is 3.52. The molecule has 3 aromatic carbocycles. The van der Waals surface area contributed by atoms with Crippen LogP contribution in [0.1, 0.15) is 47.9 Å². The molecule has 43 heavy (non-hydrogen) atoms. The molecule has 0 heterocycles. The van der Waals surface area contributed by atoms with E-state index in [1.807, 2.05) is 80.6 Å². The summed E-state index contributed by atoms with van der Waals surface area (Å²) in [6, 6.07) is 21.9. The zero-order valence-electron chi connectivity index (χ0n) is 25.3. The van der Waals surface area contributed by atoms with Crippen LogP contribution in [-0.4, -0.2) is 62.2 Å². The van der Waals surface area contributed by atoms with Crippen molar-refractivity contribution < 1.29 is 18.0 Å². The number of rotatable bonds is 12.